The number of hydrogen-bond acceptors (Lipinski definition) is 4. The van der Waals surface area contributed by atoms with Crippen molar-refractivity contribution in [3.63, 3.8) is 0 Å². The molecule has 2 aliphatic heterocycles. The summed E-state index contributed by atoms with van der Waals surface area (Å²) in [6.45, 7) is 3.80. The van der Waals surface area contributed by atoms with Crippen LogP contribution in [0.1, 0.15) is 12.0 Å². The largest absolute Gasteiger partial charge is 0.497 e. The van der Waals surface area contributed by atoms with Crippen molar-refractivity contribution in [3.05, 3.63) is 59.1 Å². The van der Waals surface area contributed by atoms with Gasteiger partial charge in [0.2, 0.25) is 5.91 Å². The summed E-state index contributed by atoms with van der Waals surface area (Å²) in [7, 11) is 1.63. The lowest BCUT2D eigenvalue weighted by atomic mass is 10.1. The van der Waals surface area contributed by atoms with Gasteiger partial charge in [0, 0.05) is 17.3 Å². The molecule has 1 N–H and O–H groups in total. The molecule has 0 aromatic heterocycles. The molecule has 2 amide bonds. The van der Waals surface area contributed by atoms with Crippen molar-refractivity contribution in [1.82, 2.24) is 4.90 Å². The van der Waals surface area contributed by atoms with E-state index in [4.69, 9.17) is 16.3 Å². The highest BCUT2D eigenvalue weighted by Crippen LogP contribution is 2.20. The number of amides is 2. The zero-order chi connectivity index (χ0) is 21.1. The normalized spacial score (nSPS) is 20.1. The molecular weight excluding hydrogens is 402 g/mol. The summed E-state index contributed by atoms with van der Waals surface area (Å²) in [6, 6.07) is 15.3. The van der Waals surface area contributed by atoms with Crippen LogP contribution in [-0.4, -0.2) is 62.6 Å². The van der Waals surface area contributed by atoms with Gasteiger partial charge >= 0.3 is 0 Å². The van der Waals surface area contributed by atoms with Crippen molar-refractivity contribution < 1.29 is 19.2 Å². The molecule has 4 rings (SSSR count). The van der Waals surface area contributed by atoms with Gasteiger partial charge < -0.3 is 14.5 Å². The Bertz CT molecular complexity index is 910. The maximum atomic E-state index is 13.0. The van der Waals surface area contributed by atoms with Gasteiger partial charge in [-0.1, -0.05) is 29.8 Å². The SMILES string of the molecule is COc1ccc(CCN2C(=O)C[C@@H]([NH+]3CCN(c4cccc(Cl)c4)CC3)C2=O)cc1. The highest BCUT2D eigenvalue weighted by Gasteiger charge is 2.45. The molecule has 1 atom stereocenters. The summed E-state index contributed by atoms with van der Waals surface area (Å²) in [5.74, 6) is 0.718. The molecule has 7 heteroatoms. The van der Waals surface area contributed by atoms with Crippen LogP contribution in [0, 0.1) is 0 Å². The van der Waals surface area contributed by atoms with Crippen LogP contribution in [0.2, 0.25) is 5.02 Å². The van der Waals surface area contributed by atoms with Crippen molar-refractivity contribution in [2.24, 2.45) is 0 Å². The first-order valence-corrected chi connectivity index (χ1v) is 10.7. The van der Waals surface area contributed by atoms with E-state index >= 15 is 0 Å². The van der Waals surface area contributed by atoms with Gasteiger partial charge in [-0.05, 0) is 42.3 Å². The first-order valence-electron chi connectivity index (χ1n) is 10.4. The molecule has 2 fully saturated rings. The lowest BCUT2D eigenvalue weighted by molar-refractivity contribution is -0.915. The van der Waals surface area contributed by atoms with Crippen LogP contribution in [0.25, 0.3) is 0 Å². The minimum atomic E-state index is -0.255. The molecule has 2 aromatic carbocycles. The first kappa shape index (κ1) is 20.7. The fourth-order valence-electron chi connectivity index (χ4n) is 4.34. The molecule has 0 bridgehead atoms. The number of imide groups is 1. The van der Waals surface area contributed by atoms with E-state index in [9.17, 15) is 9.59 Å². The third-order valence-electron chi connectivity index (χ3n) is 6.10. The van der Waals surface area contributed by atoms with E-state index in [0.29, 0.717) is 19.4 Å². The second kappa shape index (κ2) is 9.06. The summed E-state index contributed by atoms with van der Waals surface area (Å²) in [5.41, 5.74) is 2.19. The molecule has 2 heterocycles. The summed E-state index contributed by atoms with van der Waals surface area (Å²) in [5, 5.41) is 0.728. The Kier molecular flexibility index (Phi) is 6.25. The van der Waals surface area contributed by atoms with Crippen LogP contribution in [0.5, 0.6) is 5.75 Å². The van der Waals surface area contributed by atoms with Gasteiger partial charge in [-0.25, -0.2) is 0 Å². The third kappa shape index (κ3) is 4.45. The van der Waals surface area contributed by atoms with Gasteiger partial charge in [-0.15, -0.1) is 0 Å². The lowest BCUT2D eigenvalue weighted by Crippen LogP contribution is -3.19. The van der Waals surface area contributed by atoms with Crippen molar-refractivity contribution in [2.75, 3.05) is 44.7 Å². The summed E-state index contributed by atoms with van der Waals surface area (Å²) < 4.78 is 5.17. The summed E-state index contributed by atoms with van der Waals surface area (Å²) >= 11 is 6.11. The number of piperazine rings is 1. The van der Waals surface area contributed by atoms with Crippen molar-refractivity contribution in [2.45, 2.75) is 18.9 Å². The number of nitrogens with zero attached hydrogens (tertiary/aromatic N) is 2. The van der Waals surface area contributed by atoms with E-state index in [0.717, 1.165) is 48.2 Å². The van der Waals surface area contributed by atoms with Gasteiger partial charge in [0.15, 0.2) is 6.04 Å². The Morgan fingerprint density at radius 1 is 1.10 bits per heavy atom. The molecule has 0 aliphatic carbocycles. The smallest absolute Gasteiger partial charge is 0.288 e. The van der Waals surface area contributed by atoms with E-state index in [1.807, 2.05) is 42.5 Å². The second-order valence-corrected chi connectivity index (χ2v) is 8.30. The van der Waals surface area contributed by atoms with Gasteiger partial charge in [0.1, 0.15) is 5.75 Å². The molecule has 6 nitrogen and oxygen atoms in total. The molecule has 2 aromatic rings. The number of nitrogens with one attached hydrogen (secondary N) is 1. The molecule has 0 saturated carbocycles. The van der Waals surface area contributed by atoms with E-state index in [1.54, 1.807) is 7.11 Å². The molecule has 0 unspecified atom stereocenters. The van der Waals surface area contributed by atoms with Gasteiger partial charge in [-0.2, -0.15) is 0 Å². The monoisotopic (exact) mass is 428 g/mol. The summed E-state index contributed by atoms with van der Waals surface area (Å²) in [6.07, 6.45) is 0.972. The third-order valence-corrected chi connectivity index (χ3v) is 6.33. The van der Waals surface area contributed by atoms with Crippen LogP contribution in [0.4, 0.5) is 5.69 Å². The zero-order valence-corrected chi connectivity index (χ0v) is 17.9. The molecule has 0 radical (unpaired) electrons. The van der Waals surface area contributed by atoms with Crippen LogP contribution in [-0.2, 0) is 16.0 Å². The average molecular weight is 429 g/mol. The Morgan fingerprint density at radius 2 is 1.83 bits per heavy atom. The number of benzene rings is 2. The highest BCUT2D eigenvalue weighted by atomic mass is 35.5. The van der Waals surface area contributed by atoms with Crippen LogP contribution in [0.3, 0.4) is 0 Å². The Labute approximate surface area is 182 Å². The number of rotatable bonds is 6. The number of methoxy groups -OCH3 is 1. The van der Waals surface area contributed by atoms with Crippen molar-refractivity contribution in [1.29, 1.82) is 0 Å². The Balaban J connectivity index is 1.32. The number of quaternary nitrogens is 1. The molecule has 2 saturated heterocycles. The minimum Gasteiger partial charge on any atom is -0.497 e. The number of anilines is 1. The van der Waals surface area contributed by atoms with Gasteiger partial charge in [-0.3, -0.25) is 14.5 Å². The minimum absolute atomic E-state index is 0.0280. The number of carbonyl (C=O) groups excluding carboxylic acids is 2. The molecule has 30 heavy (non-hydrogen) atoms. The number of hydrogen-bond donors (Lipinski definition) is 1. The molecule has 0 spiro atoms. The number of carbonyl (C=O) groups is 2. The maximum Gasteiger partial charge on any atom is 0.288 e. The second-order valence-electron chi connectivity index (χ2n) is 7.86. The lowest BCUT2D eigenvalue weighted by Gasteiger charge is -2.35. The van der Waals surface area contributed by atoms with Gasteiger partial charge in [0.05, 0.1) is 39.7 Å². The van der Waals surface area contributed by atoms with Crippen LogP contribution < -0.4 is 14.5 Å². The topological polar surface area (TPSA) is 54.3 Å². The number of likely N-dealkylation sites (tertiary alicyclic amines) is 1. The standard InChI is InChI=1S/C23H26ClN3O3/c1-30-20-7-5-17(6-8-20)9-10-27-22(28)16-21(23(27)29)26-13-11-25(12-14-26)19-4-2-3-18(24)15-19/h2-8,15,21H,9-14,16H2,1H3/p+1/t21-/m1/s1. The molecule has 158 valence electrons. The van der Waals surface area contributed by atoms with E-state index in [-0.39, 0.29) is 17.9 Å². The predicted molar refractivity (Wildman–Crippen MR) is 116 cm³/mol. The van der Waals surface area contributed by atoms with E-state index in [2.05, 4.69) is 11.0 Å². The van der Waals surface area contributed by atoms with Crippen molar-refractivity contribution >= 4 is 29.1 Å². The average Bonchev–Trinajstić information content (AvgIpc) is 3.06. The summed E-state index contributed by atoms with van der Waals surface area (Å²) in [4.78, 5) is 30.4. The number of ether oxygens (including phenoxy) is 1. The first-order chi connectivity index (χ1) is 14.5. The fraction of sp³-hybridized carbons (Fsp3) is 0.391. The molecular formula is C23H27ClN3O3+. The zero-order valence-electron chi connectivity index (χ0n) is 17.1. The van der Waals surface area contributed by atoms with Crippen LogP contribution >= 0.6 is 11.6 Å². The Hall–Kier alpha value is -2.57. The van der Waals surface area contributed by atoms with Crippen molar-refractivity contribution in [3.8, 4) is 5.75 Å². The predicted octanol–water partition coefficient (Wildman–Crippen LogP) is 1.42. The van der Waals surface area contributed by atoms with Crippen LogP contribution in [0.15, 0.2) is 48.5 Å². The quantitative estimate of drug-likeness (QED) is 0.707. The highest BCUT2D eigenvalue weighted by molar-refractivity contribution is 6.30. The number of halogens is 1. The Morgan fingerprint density at radius 3 is 2.50 bits per heavy atom. The molecule has 2 aliphatic rings. The fourth-order valence-corrected chi connectivity index (χ4v) is 4.53. The maximum absolute atomic E-state index is 13.0. The van der Waals surface area contributed by atoms with E-state index in [1.165, 1.54) is 9.80 Å². The van der Waals surface area contributed by atoms with Gasteiger partial charge in [0.25, 0.3) is 5.91 Å². The van der Waals surface area contributed by atoms with E-state index < -0.39 is 0 Å².